The van der Waals surface area contributed by atoms with Gasteiger partial charge >= 0.3 is 0 Å². The quantitative estimate of drug-likeness (QED) is 0.279. The lowest BCUT2D eigenvalue weighted by atomic mass is 10.0. The van der Waals surface area contributed by atoms with Crippen LogP contribution < -0.4 is 9.62 Å². The highest BCUT2D eigenvalue weighted by Crippen LogP contribution is 2.26. The molecule has 0 saturated heterocycles. The first-order valence-electron chi connectivity index (χ1n) is 14.0. The number of nitrogens with zero attached hydrogens (tertiary/aromatic N) is 2. The van der Waals surface area contributed by atoms with E-state index in [1.807, 2.05) is 50.2 Å². The molecule has 4 rings (SSSR count). The number of sulfonamides is 1. The van der Waals surface area contributed by atoms with Crippen LogP contribution in [0.2, 0.25) is 10.0 Å². The Balaban J connectivity index is 1.75. The van der Waals surface area contributed by atoms with Crippen LogP contribution in [0.1, 0.15) is 47.9 Å². The van der Waals surface area contributed by atoms with E-state index in [0.717, 1.165) is 52.9 Å². The van der Waals surface area contributed by atoms with E-state index in [0.29, 0.717) is 21.3 Å². The Morgan fingerprint density at radius 1 is 0.952 bits per heavy atom. The summed E-state index contributed by atoms with van der Waals surface area (Å²) in [6.07, 6.45) is 5.17. The maximum atomic E-state index is 14.3. The predicted octanol–water partition coefficient (Wildman–Crippen LogP) is 6.08. The number of hydrogen-bond donors (Lipinski definition) is 1. The van der Waals surface area contributed by atoms with Gasteiger partial charge in [-0.25, -0.2) is 8.42 Å². The average molecular weight is 631 g/mol. The molecule has 1 atom stereocenters. The monoisotopic (exact) mass is 629 g/mol. The Kier molecular flexibility index (Phi) is 10.6. The summed E-state index contributed by atoms with van der Waals surface area (Å²) in [4.78, 5) is 29.6. The molecule has 3 aromatic rings. The SMILES string of the molecule is Cc1ccc(N(CC(=O)N(Cc2ccc(Cl)cc2Cl)[C@@H](Cc2ccccc2)C(=O)NC2CCCC2)S(C)(=O)=O)cc1C. The summed E-state index contributed by atoms with van der Waals surface area (Å²) < 4.78 is 27.1. The van der Waals surface area contributed by atoms with Crippen molar-refractivity contribution in [2.75, 3.05) is 17.1 Å². The standard InChI is InChI=1S/C32H37Cl2N3O4S/c1-22-13-16-28(17-23(22)2)37(42(3,40)41)21-31(38)36(20-25-14-15-26(33)19-29(25)34)30(18-24-9-5-4-6-10-24)32(39)35-27-11-7-8-12-27/h4-6,9-10,13-17,19,27,30H,7-8,11-12,18,20-21H2,1-3H3,(H,35,39)/t30-/m0/s1. The Hall–Kier alpha value is -3.07. The summed E-state index contributed by atoms with van der Waals surface area (Å²) in [7, 11) is -3.84. The summed E-state index contributed by atoms with van der Waals surface area (Å²) in [6.45, 7) is 3.34. The van der Waals surface area contributed by atoms with Crippen molar-refractivity contribution in [1.82, 2.24) is 10.2 Å². The molecule has 224 valence electrons. The largest absolute Gasteiger partial charge is 0.352 e. The fourth-order valence-electron chi connectivity index (χ4n) is 5.25. The minimum absolute atomic E-state index is 0.00501. The van der Waals surface area contributed by atoms with E-state index >= 15 is 0 Å². The number of anilines is 1. The summed E-state index contributed by atoms with van der Waals surface area (Å²) in [6, 6.07) is 18.8. The van der Waals surface area contributed by atoms with Crippen molar-refractivity contribution in [2.24, 2.45) is 0 Å². The van der Waals surface area contributed by atoms with Crippen LogP contribution >= 0.6 is 23.2 Å². The van der Waals surface area contributed by atoms with Gasteiger partial charge in [-0.2, -0.15) is 0 Å². The first-order chi connectivity index (χ1) is 19.9. The molecule has 0 unspecified atom stereocenters. The van der Waals surface area contributed by atoms with Gasteiger partial charge in [0.2, 0.25) is 21.8 Å². The molecule has 7 nitrogen and oxygen atoms in total. The topological polar surface area (TPSA) is 86.8 Å². The van der Waals surface area contributed by atoms with E-state index in [4.69, 9.17) is 23.2 Å². The second-order valence-corrected chi connectivity index (χ2v) is 13.7. The Labute approximate surface area is 258 Å². The summed E-state index contributed by atoms with van der Waals surface area (Å²) in [5, 5.41) is 3.95. The minimum atomic E-state index is -3.84. The number of halogens is 2. The first kappa shape index (κ1) is 31.9. The van der Waals surface area contributed by atoms with Gasteiger partial charge in [0.05, 0.1) is 11.9 Å². The van der Waals surface area contributed by atoms with Crippen LogP contribution in [0.15, 0.2) is 66.7 Å². The molecular weight excluding hydrogens is 593 g/mol. The zero-order valence-corrected chi connectivity index (χ0v) is 26.5. The third kappa shape index (κ3) is 8.27. The van der Waals surface area contributed by atoms with Crippen LogP contribution in [0.25, 0.3) is 0 Å². The van der Waals surface area contributed by atoms with Crippen molar-refractivity contribution >= 4 is 50.7 Å². The third-order valence-electron chi connectivity index (χ3n) is 7.79. The molecular formula is C32H37Cl2N3O4S. The van der Waals surface area contributed by atoms with Gasteiger partial charge < -0.3 is 10.2 Å². The summed E-state index contributed by atoms with van der Waals surface area (Å²) in [5.41, 5.74) is 3.75. The molecule has 1 aliphatic carbocycles. The molecule has 0 aliphatic heterocycles. The van der Waals surface area contributed by atoms with Crippen molar-refractivity contribution in [3.8, 4) is 0 Å². The fourth-order valence-corrected chi connectivity index (χ4v) is 6.56. The molecule has 1 aliphatic rings. The molecule has 0 aromatic heterocycles. The van der Waals surface area contributed by atoms with Crippen LogP contribution in [0.5, 0.6) is 0 Å². The zero-order valence-electron chi connectivity index (χ0n) is 24.1. The van der Waals surface area contributed by atoms with E-state index in [9.17, 15) is 18.0 Å². The number of hydrogen-bond acceptors (Lipinski definition) is 4. The molecule has 42 heavy (non-hydrogen) atoms. The van der Waals surface area contributed by atoms with Gasteiger partial charge in [0, 0.05) is 29.1 Å². The smallest absolute Gasteiger partial charge is 0.244 e. The van der Waals surface area contributed by atoms with Crippen molar-refractivity contribution in [3.05, 3.63) is 99.0 Å². The summed E-state index contributed by atoms with van der Waals surface area (Å²) >= 11 is 12.7. The number of rotatable bonds is 11. The molecule has 10 heteroatoms. The van der Waals surface area contributed by atoms with Gasteiger partial charge in [-0.15, -0.1) is 0 Å². The molecule has 0 spiro atoms. The molecule has 0 radical (unpaired) electrons. The van der Waals surface area contributed by atoms with E-state index in [1.54, 1.807) is 30.3 Å². The average Bonchev–Trinajstić information content (AvgIpc) is 3.45. The lowest BCUT2D eigenvalue weighted by Gasteiger charge is -2.34. The number of carbonyl (C=O) groups excluding carboxylic acids is 2. The van der Waals surface area contributed by atoms with Gasteiger partial charge in [-0.1, -0.05) is 78.5 Å². The van der Waals surface area contributed by atoms with Crippen LogP contribution in [-0.4, -0.2) is 50.0 Å². The Morgan fingerprint density at radius 3 is 2.26 bits per heavy atom. The van der Waals surface area contributed by atoms with Crippen molar-refractivity contribution in [3.63, 3.8) is 0 Å². The summed E-state index contributed by atoms with van der Waals surface area (Å²) in [5.74, 6) is -0.798. The van der Waals surface area contributed by atoms with Crippen molar-refractivity contribution in [2.45, 2.75) is 64.6 Å². The number of nitrogens with one attached hydrogen (secondary N) is 1. The van der Waals surface area contributed by atoms with Gasteiger partial charge in [0.15, 0.2) is 0 Å². The number of benzene rings is 3. The molecule has 1 saturated carbocycles. The number of aryl methyl sites for hydroxylation is 2. The molecule has 0 bridgehead atoms. The van der Waals surface area contributed by atoms with Gasteiger partial charge in [0.25, 0.3) is 0 Å². The molecule has 1 N–H and O–H groups in total. The van der Waals surface area contributed by atoms with Crippen molar-refractivity contribution in [1.29, 1.82) is 0 Å². The third-order valence-corrected chi connectivity index (χ3v) is 9.51. The van der Waals surface area contributed by atoms with Gasteiger partial charge in [0.1, 0.15) is 12.6 Å². The fraction of sp³-hybridized carbons (Fsp3) is 0.375. The highest BCUT2D eigenvalue weighted by atomic mass is 35.5. The van der Waals surface area contributed by atoms with Crippen LogP contribution in [0.4, 0.5) is 5.69 Å². The second-order valence-electron chi connectivity index (χ2n) is 11.0. The maximum Gasteiger partial charge on any atom is 0.244 e. The number of carbonyl (C=O) groups is 2. The second kappa shape index (κ2) is 13.9. The molecule has 1 fully saturated rings. The zero-order chi connectivity index (χ0) is 30.4. The van der Waals surface area contributed by atoms with Gasteiger partial charge in [-0.05, 0) is 73.2 Å². The Morgan fingerprint density at radius 2 is 1.64 bits per heavy atom. The van der Waals surface area contributed by atoms with E-state index in [-0.39, 0.29) is 24.9 Å². The Bertz CT molecular complexity index is 1530. The molecule has 0 heterocycles. The van der Waals surface area contributed by atoms with E-state index in [2.05, 4.69) is 5.32 Å². The minimum Gasteiger partial charge on any atom is -0.352 e. The lowest BCUT2D eigenvalue weighted by molar-refractivity contribution is -0.140. The highest BCUT2D eigenvalue weighted by molar-refractivity contribution is 7.92. The van der Waals surface area contributed by atoms with Crippen molar-refractivity contribution < 1.29 is 18.0 Å². The highest BCUT2D eigenvalue weighted by Gasteiger charge is 2.34. The first-order valence-corrected chi connectivity index (χ1v) is 16.7. The van der Waals surface area contributed by atoms with E-state index in [1.165, 1.54) is 4.90 Å². The van der Waals surface area contributed by atoms with Crippen LogP contribution in [0.3, 0.4) is 0 Å². The molecule has 2 amide bonds. The van der Waals surface area contributed by atoms with Crippen LogP contribution in [0, 0.1) is 13.8 Å². The normalized spacial score (nSPS) is 14.4. The number of amides is 2. The van der Waals surface area contributed by atoms with E-state index < -0.39 is 28.5 Å². The lowest BCUT2D eigenvalue weighted by Crippen LogP contribution is -2.54. The maximum absolute atomic E-state index is 14.3. The van der Waals surface area contributed by atoms with Gasteiger partial charge in [-0.3, -0.25) is 13.9 Å². The predicted molar refractivity (Wildman–Crippen MR) is 169 cm³/mol. The molecule has 3 aromatic carbocycles. The van der Waals surface area contributed by atoms with Crippen LogP contribution in [-0.2, 0) is 32.6 Å².